The Balaban J connectivity index is 2.06. The van der Waals surface area contributed by atoms with Gasteiger partial charge in [0.15, 0.2) is 0 Å². The highest BCUT2D eigenvalue weighted by molar-refractivity contribution is 7.89. The topological polar surface area (TPSA) is 81.4 Å². The second-order valence-electron chi connectivity index (χ2n) is 5.40. The summed E-state index contributed by atoms with van der Waals surface area (Å²) in [6.45, 7) is 5.50. The zero-order chi connectivity index (χ0) is 14.8. The third-order valence-electron chi connectivity index (χ3n) is 3.62. The molecular weight excluding hydrogens is 276 g/mol. The molecule has 1 aromatic carbocycles. The molecule has 1 atom stereocenters. The first-order chi connectivity index (χ1) is 9.40. The van der Waals surface area contributed by atoms with Crippen molar-refractivity contribution in [2.45, 2.75) is 31.6 Å². The summed E-state index contributed by atoms with van der Waals surface area (Å²) >= 11 is 0. The summed E-state index contributed by atoms with van der Waals surface area (Å²) in [5.74, 6) is 0.464. The number of ether oxygens (including phenoxy) is 1. The van der Waals surface area contributed by atoms with Crippen molar-refractivity contribution in [1.82, 2.24) is 4.72 Å². The number of benzene rings is 1. The predicted octanol–water partition coefficient (Wildman–Crippen LogP) is 1.59. The number of hydrogen-bond acceptors (Lipinski definition) is 4. The molecule has 1 unspecified atom stereocenters. The van der Waals surface area contributed by atoms with Crippen LogP contribution < -0.4 is 10.5 Å². The minimum absolute atomic E-state index is 0.342. The Labute approximate surface area is 120 Å². The Morgan fingerprint density at radius 1 is 1.35 bits per heavy atom. The van der Waals surface area contributed by atoms with E-state index in [0.717, 1.165) is 26.1 Å². The number of aryl methyl sites for hydroxylation is 2. The molecule has 0 aliphatic carbocycles. The molecule has 112 valence electrons. The predicted molar refractivity (Wildman–Crippen MR) is 79.1 cm³/mol. The van der Waals surface area contributed by atoms with Gasteiger partial charge in [-0.15, -0.1) is 0 Å². The minimum Gasteiger partial charge on any atom is -0.399 e. The van der Waals surface area contributed by atoms with Crippen molar-refractivity contribution >= 4 is 15.7 Å². The van der Waals surface area contributed by atoms with Gasteiger partial charge in [0.25, 0.3) is 0 Å². The molecule has 1 aliphatic rings. The number of anilines is 1. The van der Waals surface area contributed by atoms with E-state index >= 15 is 0 Å². The smallest absolute Gasteiger partial charge is 0.241 e. The maximum Gasteiger partial charge on any atom is 0.241 e. The molecule has 0 amide bonds. The molecule has 1 heterocycles. The Hall–Kier alpha value is -1.11. The molecule has 5 nitrogen and oxygen atoms in total. The molecule has 0 bridgehead atoms. The van der Waals surface area contributed by atoms with Gasteiger partial charge in [-0.2, -0.15) is 0 Å². The summed E-state index contributed by atoms with van der Waals surface area (Å²) in [6.07, 6.45) is 1.83. The molecule has 1 saturated heterocycles. The molecule has 3 N–H and O–H groups in total. The number of sulfonamides is 1. The Morgan fingerprint density at radius 2 is 2.00 bits per heavy atom. The van der Waals surface area contributed by atoms with Crippen molar-refractivity contribution in [2.24, 2.45) is 5.92 Å². The molecule has 0 saturated carbocycles. The minimum atomic E-state index is -3.48. The highest BCUT2D eigenvalue weighted by Crippen LogP contribution is 2.23. The monoisotopic (exact) mass is 298 g/mol. The van der Waals surface area contributed by atoms with E-state index in [4.69, 9.17) is 10.5 Å². The van der Waals surface area contributed by atoms with Gasteiger partial charge in [-0.3, -0.25) is 0 Å². The lowest BCUT2D eigenvalue weighted by Crippen LogP contribution is -2.27. The average molecular weight is 298 g/mol. The van der Waals surface area contributed by atoms with Crippen molar-refractivity contribution in [3.8, 4) is 0 Å². The Bertz CT molecular complexity index is 555. The summed E-state index contributed by atoms with van der Waals surface area (Å²) in [5.41, 5.74) is 7.67. The molecule has 2 rings (SSSR count). The normalized spacial score (nSPS) is 19.4. The van der Waals surface area contributed by atoms with Crippen molar-refractivity contribution < 1.29 is 13.2 Å². The van der Waals surface area contributed by atoms with Gasteiger partial charge in [0.05, 0.1) is 4.90 Å². The number of nitrogens with two attached hydrogens (primary N) is 1. The summed E-state index contributed by atoms with van der Waals surface area (Å²) in [6, 6.07) is 3.37. The van der Waals surface area contributed by atoms with E-state index in [1.807, 2.05) is 0 Å². The van der Waals surface area contributed by atoms with E-state index in [0.29, 0.717) is 34.2 Å². The van der Waals surface area contributed by atoms with Crippen molar-refractivity contribution in [1.29, 1.82) is 0 Å². The summed E-state index contributed by atoms with van der Waals surface area (Å²) in [7, 11) is -3.48. The van der Waals surface area contributed by atoms with E-state index in [1.165, 1.54) is 0 Å². The highest BCUT2D eigenvalue weighted by atomic mass is 32.2. The van der Waals surface area contributed by atoms with E-state index in [9.17, 15) is 8.42 Å². The van der Waals surface area contributed by atoms with Gasteiger partial charge in [0.2, 0.25) is 10.0 Å². The van der Waals surface area contributed by atoms with Crippen LogP contribution in [0, 0.1) is 19.8 Å². The summed E-state index contributed by atoms with van der Waals surface area (Å²) in [4.78, 5) is 0.342. The zero-order valence-electron chi connectivity index (χ0n) is 12.0. The molecule has 0 aromatic heterocycles. The van der Waals surface area contributed by atoms with Crippen LogP contribution in [0.15, 0.2) is 17.0 Å². The molecule has 20 heavy (non-hydrogen) atoms. The van der Waals surface area contributed by atoms with Gasteiger partial charge in [-0.1, -0.05) is 0 Å². The fraction of sp³-hybridized carbons (Fsp3) is 0.571. The Kier molecular flexibility index (Phi) is 4.67. The number of nitrogen functional groups attached to an aromatic ring is 1. The van der Waals surface area contributed by atoms with Crippen LogP contribution in [0.4, 0.5) is 5.69 Å². The van der Waals surface area contributed by atoms with Crippen LogP contribution >= 0.6 is 0 Å². The molecule has 1 fully saturated rings. The first-order valence-electron chi connectivity index (χ1n) is 6.84. The van der Waals surface area contributed by atoms with Gasteiger partial charge in [0.1, 0.15) is 0 Å². The lowest BCUT2D eigenvalue weighted by molar-refractivity contribution is 0.184. The van der Waals surface area contributed by atoms with Gasteiger partial charge in [-0.05, 0) is 55.9 Å². The second-order valence-corrected chi connectivity index (χ2v) is 7.10. The van der Waals surface area contributed by atoms with Crippen molar-refractivity contribution in [2.75, 3.05) is 25.5 Å². The van der Waals surface area contributed by atoms with E-state index < -0.39 is 10.0 Å². The third kappa shape index (κ3) is 3.50. The van der Waals surface area contributed by atoms with Crippen LogP contribution in [-0.4, -0.2) is 28.2 Å². The summed E-state index contributed by atoms with van der Waals surface area (Å²) in [5, 5.41) is 0. The lowest BCUT2D eigenvalue weighted by atomic mass is 10.1. The van der Waals surface area contributed by atoms with Gasteiger partial charge >= 0.3 is 0 Å². The van der Waals surface area contributed by atoms with Crippen molar-refractivity contribution in [3.05, 3.63) is 23.3 Å². The number of nitrogens with one attached hydrogen (secondary N) is 1. The van der Waals surface area contributed by atoms with E-state index in [1.54, 1.807) is 26.0 Å². The molecule has 0 radical (unpaired) electrons. The first kappa shape index (κ1) is 15.3. The second kappa shape index (κ2) is 6.11. The van der Waals surface area contributed by atoms with Gasteiger partial charge in [0, 0.05) is 25.4 Å². The van der Waals surface area contributed by atoms with Crippen LogP contribution in [0.25, 0.3) is 0 Å². The number of hydrogen-bond donors (Lipinski definition) is 2. The quantitative estimate of drug-likeness (QED) is 0.809. The first-order valence-corrected chi connectivity index (χ1v) is 8.32. The highest BCUT2D eigenvalue weighted by Gasteiger charge is 2.21. The molecule has 1 aromatic rings. The zero-order valence-corrected chi connectivity index (χ0v) is 12.8. The standard InChI is InChI=1S/C14H22N2O3S/c1-10-7-13(15)8-11(2)14(10)20(17,18)16-5-3-12-4-6-19-9-12/h7-8,12,16H,3-6,9,15H2,1-2H3. The third-order valence-corrected chi connectivity index (χ3v) is 5.39. The molecule has 0 spiro atoms. The maximum absolute atomic E-state index is 12.4. The lowest BCUT2D eigenvalue weighted by Gasteiger charge is -2.14. The maximum atomic E-state index is 12.4. The molecule has 1 aliphatic heterocycles. The van der Waals surface area contributed by atoms with Crippen LogP contribution in [0.1, 0.15) is 24.0 Å². The molecular formula is C14H22N2O3S. The summed E-state index contributed by atoms with van der Waals surface area (Å²) < 4.78 is 32.7. The average Bonchev–Trinajstić information content (AvgIpc) is 2.79. The van der Waals surface area contributed by atoms with Crippen molar-refractivity contribution in [3.63, 3.8) is 0 Å². The van der Waals surface area contributed by atoms with E-state index in [2.05, 4.69) is 4.72 Å². The fourth-order valence-corrected chi connectivity index (χ4v) is 4.18. The fourth-order valence-electron chi connectivity index (χ4n) is 2.69. The largest absolute Gasteiger partial charge is 0.399 e. The Morgan fingerprint density at radius 3 is 2.55 bits per heavy atom. The van der Waals surface area contributed by atoms with Crippen LogP contribution in [0.3, 0.4) is 0 Å². The van der Waals surface area contributed by atoms with Crippen LogP contribution in [-0.2, 0) is 14.8 Å². The van der Waals surface area contributed by atoms with Crippen LogP contribution in [0.2, 0.25) is 0 Å². The molecule has 6 heteroatoms. The number of rotatable bonds is 5. The van der Waals surface area contributed by atoms with Gasteiger partial charge in [-0.25, -0.2) is 13.1 Å². The van der Waals surface area contributed by atoms with Crippen LogP contribution in [0.5, 0.6) is 0 Å². The SMILES string of the molecule is Cc1cc(N)cc(C)c1S(=O)(=O)NCCC1CCOC1. The van der Waals surface area contributed by atoms with E-state index in [-0.39, 0.29) is 0 Å². The van der Waals surface area contributed by atoms with Gasteiger partial charge < -0.3 is 10.5 Å².